The molecule has 0 fully saturated rings. The Kier molecular flexibility index (Phi) is 6.50. The summed E-state index contributed by atoms with van der Waals surface area (Å²) in [7, 11) is 0. The van der Waals surface area contributed by atoms with Gasteiger partial charge in [0.15, 0.2) is 0 Å². The number of para-hydroxylation sites is 1. The standard InChI is InChI=1S/C9H9O.2C2H4O2.Bi/c1-2-8-10-9-6-4-3-5-7-9;2*1-2(3)4;/h2-6H,1,8H2;2*1H3,(H,3,4);/q;;;+2/p-2. The minimum absolute atomic E-state index is 0.328. The summed E-state index contributed by atoms with van der Waals surface area (Å²) >= 11 is -3.36. The second kappa shape index (κ2) is 7.90. The quantitative estimate of drug-likeness (QED) is 0.470. The second-order valence-corrected chi connectivity index (χ2v) is 8.78. The first kappa shape index (κ1) is 15.6. The van der Waals surface area contributed by atoms with Crippen molar-refractivity contribution in [1.82, 2.24) is 0 Å². The van der Waals surface area contributed by atoms with Gasteiger partial charge in [0.2, 0.25) is 0 Å². The van der Waals surface area contributed by atoms with Gasteiger partial charge in [-0.05, 0) is 0 Å². The van der Waals surface area contributed by atoms with Crippen LogP contribution in [0.15, 0.2) is 36.9 Å². The van der Waals surface area contributed by atoms with Crippen LogP contribution in [-0.2, 0) is 15.2 Å². The first-order chi connectivity index (χ1) is 9.04. The molecule has 5 nitrogen and oxygen atoms in total. The van der Waals surface area contributed by atoms with E-state index in [9.17, 15) is 9.59 Å². The SMILES string of the molecule is C=CCOc1cccc[c]1[Bi]([O]C(C)=O)[O]C(C)=O. The molecule has 6 heteroatoms. The topological polar surface area (TPSA) is 61.8 Å². The van der Waals surface area contributed by atoms with E-state index >= 15 is 0 Å². The Labute approximate surface area is 121 Å². The summed E-state index contributed by atoms with van der Waals surface area (Å²) in [6, 6.07) is 7.08. The predicted octanol–water partition coefficient (Wildman–Crippen LogP) is 1.07. The number of hydrogen-bond acceptors (Lipinski definition) is 5. The molecule has 0 unspecified atom stereocenters. The Balaban J connectivity index is 3.02. The van der Waals surface area contributed by atoms with Gasteiger partial charge in [-0.2, -0.15) is 0 Å². The van der Waals surface area contributed by atoms with Crippen LogP contribution >= 0.6 is 0 Å². The molecule has 19 heavy (non-hydrogen) atoms. The second-order valence-electron chi connectivity index (χ2n) is 3.49. The van der Waals surface area contributed by atoms with Crippen LogP contribution < -0.4 is 8.01 Å². The summed E-state index contributed by atoms with van der Waals surface area (Å²) in [6.07, 6.45) is 1.61. The van der Waals surface area contributed by atoms with Gasteiger partial charge >= 0.3 is 121 Å². The summed E-state index contributed by atoms with van der Waals surface area (Å²) in [4.78, 5) is 22.2. The Hall–Kier alpha value is -1.42. The zero-order valence-corrected chi connectivity index (χ0v) is 14.3. The van der Waals surface area contributed by atoms with Crippen molar-refractivity contribution in [3.05, 3.63) is 36.9 Å². The van der Waals surface area contributed by atoms with Gasteiger partial charge in [0.1, 0.15) is 0 Å². The van der Waals surface area contributed by atoms with Crippen LogP contribution in [0.4, 0.5) is 0 Å². The van der Waals surface area contributed by atoms with Crippen LogP contribution in [-0.4, -0.2) is 41.2 Å². The average molecular weight is 460 g/mol. The maximum absolute atomic E-state index is 11.1. The molecule has 1 rings (SSSR count). The Morgan fingerprint density at radius 1 is 1.21 bits per heavy atom. The molecule has 0 N–H and O–H groups in total. The summed E-state index contributed by atoms with van der Waals surface area (Å²) in [5.41, 5.74) is 0. The molecule has 0 bridgehead atoms. The molecule has 0 aliphatic heterocycles. The molecular weight excluding hydrogens is 445 g/mol. The molecule has 0 heterocycles. The molecule has 0 saturated heterocycles. The van der Waals surface area contributed by atoms with Crippen LogP contribution in [0.2, 0.25) is 0 Å². The molecule has 1 aromatic carbocycles. The van der Waals surface area contributed by atoms with Crippen molar-refractivity contribution in [2.75, 3.05) is 6.61 Å². The van der Waals surface area contributed by atoms with Gasteiger partial charge < -0.3 is 0 Å². The normalized spacial score (nSPS) is 9.84. The molecular formula is C13H15BiO5. The fraction of sp³-hybridized carbons (Fsp3) is 0.231. The Bertz CT molecular complexity index is 456. The van der Waals surface area contributed by atoms with Crippen molar-refractivity contribution in [3.8, 4) is 5.75 Å². The van der Waals surface area contributed by atoms with E-state index in [0.29, 0.717) is 15.6 Å². The summed E-state index contributed by atoms with van der Waals surface area (Å²) < 4.78 is 16.5. The number of rotatable bonds is 6. The van der Waals surface area contributed by atoms with Gasteiger partial charge in [-0.15, -0.1) is 0 Å². The third kappa shape index (κ3) is 5.39. The van der Waals surface area contributed by atoms with E-state index in [1.54, 1.807) is 30.3 Å². The molecule has 0 saturated carbocycles. The predicted molar refractivity (Wildman–Crippen MR) is 71.1 cm³/mol. The molecule has 0 aromatic heterocycles. The zero-order valence-electron chi connectivity index (χ0n) is 10.8. The van der Waals surface area contributed by atoms with E-state index in [-0.39, 0.29) is 0 Å². The summed E-state index contributed by atoms with van der Waals surface area (Å²) in [5, 5.41) is 0. The van der Waals surface area contributed by atoms with E-state index in [1.807, 2.05) is 0 Å². The van der Waals surface area contributed by atoms with Crippen LogP contribution in [0, 0.1) is 0 Å². The Morgan fingerprint density at radius 2 is 1.79 bits per heavy atom. The number of carbonyl (C=O) groups is 2. The molecule has 102 valence electrons. The fourth-order valence-corrected chi connectivity index (χ4v) is 6.00. The van der Waals surface area contributed by atoms with E-state index in [1.165, 1.54) is 13.8 Å². The van der Waals surface area contributed by atoms with Gasteiger partial charge in [-0.1, -0.05) is 0 Å². The molecule has 0 amide bonds. The van der Waals surface area contributed by atoms with Gasteiger partial charge in [0, 0.05) is 0 Å². The third-order valence-corrected chi connectivity index (χ3v) is 8.10. The molecule has 0 atom stereocenters. The van der Waals surface area contributed by atoms with Crippen LogP contribution in [0.1, 0.15) is 13.8 Å². The van der Waals surface area contributed by atoms with E-state index in [2.05, 4.69) is 6.58 Å². The van der Waals surface area contributed by atoms with Crippen molar-refractivity contribution in [2.45, 2.75) is 13.8 Å². The monoisotopic (exact) mass is 460 g/mol. The minimum atomic E-state index is -3.36. The number of ether oxygens (including phenoxy) is 1. The molecule has 1 aromatic rings. The van der Waals surface area contributed by atoms with E-state index in [0.717, 1.165) is 0 Å². The van der Waals surface area contributed by atoms with E-state index in [4.69, 9.17) is 10.4 Å². The van der Waals surface area contributed by atoms with Gasteiger partial charge in [-0.25, -0.2) is 0 Å². The van der Waals surface area contributed by atoms with Gasteiger partial charge in [0.25, 0.3) is 0 Å². The molecule has 0 aliphatic carbocycles. The van der Waals surface area contributed by atoms with Crippen LogP contribution in [0.25, 0.3) is 0 Å². The summed E-state index contributed by atoms with van der Waals surface area (Å²) in [5.74, 6) is -0.363. The van der Waals surface area contributed by atoms with Crippen LogP contribution in [0.3, 0.4) is 0 Å². The molecule has 0 radical (unpaired) electrons. The number of benzene rings is 1. The van der Waals surface area contributed by atoms with E-state index < -0.39 is 34.6 Å². The van der Waals surface area contributed by atoms with Crippen molar-refractivity contribution < 1.29 is 20.0 Å². The number of carbonyl (C=O) groups excluding carboxylic acids is 2. The van der Waals surface area contributed by atoms with Crippen LogP contribution in [0.5, 0.6) is 5.75 Å². The Morgan fingerprint density at radius 3 is 2.32 bits per heavy atom. The summed E-state index contributed by atoms with van der Waals surface area (Å²) in [6.45, 7) is 6.48. The van der Waals surface area contributed by atoms with Gasteiger partial charge in [-0.3, -0.25) is 0 Å². The van der Waals surface area contributed by atoms with Crippen molar-refractivity contribution in [1.29, 1.82) is 0 Å². The maximum atomic E-state index is 11.1. The molecule has 0 spiro atoms. The first-order valence-corrected chi connectivity index (χ1v) is 10.1. The third-order valence-electron chi connectivity index (χ3n) is 1.84. The molecule has 0 aliphatic rings. The van der Waals surface area contributed by atoms with Crippen molar-refractivity contribution in [3.63, 3.8) is 0 Å². The number of hydrogen-bond donors (Lipinski definition) is 0. The zero-order chi connectivity index (χ0) is 14.3. The first-order valence-electron chi connectivity index (χ1n) is 5.54. The fourth-order valence-electron chi connectivity index (χ4n) is 1.23. The van der Waals surface area contributed by atoms with Crippen molar-refractivity contribution >= 4 is 37.8 Å². The average Bonchev–Trinajstić information content (AvgIpc) is 2.35. The van der Waals surface area contributed by atoms with Gasteiger partial charge in [0.05, 0.1) is 0 Å². The van der Waals surface area contributed by atoms with Crippen molar-refractivity contribution in [2.24, 2.45) is 0 Å².